The summed E-state index contributed by atoms with van der Waals surface area (Å²) in [5.41, 5.74) is 3.21. The quantitative estimate of drug-likeness (QED) is 0.634. The second-order valence-corrected chi connectivity index (χ2v) is 5.20. The smallest absolute Gasteiger partial charge is 0.267 e. The van der Waals surface area contributed by atoms with Crippen molar-refractivity contribution in [1.29, 1.82) is 0 Å². The fourth-order valence-corrected chi connectivity index (χ4v) is 2.61. The number of hydrogen-bond acceptors (Lipinski definition) is 2. The normalized spacial score (nSPS) is 16.6. The number of benzene rings is 1. The summed E-state index contributed by atoms with van der Waals surface area (Å²) in [6.07, 6.45) is 10.9. The number of carbonyl (C=O) groups excluding carboxylic acids is 1. The molecule has 3 heteroatoms. The Kier molecular flexibility index (Phi) is 5.60. The molecule has 1 N–H and O–H groups in total. The zero-order chi connectivity index (χ0) is 13.3. The first-order valence-corrected chi connectivity index (χ1v) is 7.23. The van der Waals surface area contributed by atoms with Gasteiger partial charge in [0.25, 0.3) is 5.91 Å². The molecule has 0 bridgehead atoms. The van der Waals surface area contributed by atoms with Gasteiger partial charge in [0.2, 0.25) is 0 Å². The van der Waals surface area contributed by atoms with Crippen LogP contribution in [0, 0.1) is 5.92 Å². The van der Waals surface area contributed by atoms with Crippen molar-refractivity contribution < 1.29 is 4.79 Å². The monoisotopic (exact) mass is 258 g/mol. The van der Waals surface area contributed by atoms with E-state index in [0.29, 0.717) is 5.56 Å². The molecule has 1 aromatic rings. The maximum absolute atomic E-state index is 11.7. The van der Waals surface area contributed by atoms with Crippen LogP contribution in [-0.2, 0) is 0 Å². The number of carbonyl (C=O) groups is 1. The number of hydrazone groups is 1. The molecule has 0 heterocycles. The Morgan fingerprint density at radius 3 is 2.68 bits per heavy atom. The van der Waals surface area contributed by atoms with Crippen LogP contribution < -0.4 is 5.43 Å². The van der Waals surface area contributed by atoms with E-state index in [0.717, 1.165) is 12.3 Å². The van der Waals surface area contributed by atoms with Gasteiger partial charge in [-0.15, -0.1) is 0 Å². The molecule has 2 rings (SSSR count). The molecule has 0 unspecified atom stereocenters. The summed E-state index contributed by atoms with van der Waals surface area (Å²) in [6.45, 7) is 0. The van der Waals surface area contributed by atoms with Gasteiger partial charge in [-0.25, -0.2) is 5.43 Å². The van der Waals surface area contributed by atoms with Crippen molar-refractivity contribution in [2.75, 3.05) is 0 Å². The first-order chi connectivity index (χ1) is 9.36. The van der Waals surface area contributed by atoms with Crippen molar-refractivity contribution in [3.8, 4) is 0 Å². The molecule has 102 valence electrons. The van der Waals surface area contributed by atoms with Crippen molar-refractivity contribution in [1.82, 2.24) is 5.43 Å². The lowest BCUT2D eigenvalue weighted by Crippen LogP contribution is -2.17. The summed E-state index contributed by atoms with van der Waals surface area (Å²) < 4.78 is 0. The number of nitrogens with one attached hydrogen (secondary N) is 1. The van der Waals surface area contributed by atoms with Crippen molar-refractivity contribution in [2.45, 2.75) is 44.9 Å². The maximum Gasteiger partial charge on any atom is 0.271 e. The van der Waals surface area contributed by atoms with Crippen LogP contribution >= 0.6 is 0 Å². The number of amides is 1. The molecular weight excluding hydrogens is 236 g/mol. The van der Waals surface area contributed by atoms with E-state index in [4.69, 9.17) is 0 Å². The minimum atomic E-state index is -0.144. The van der Waals surface area contributed by atoms with Crippen LogP contribution in [0.25, 0.3) is 0 Å². The Balaban J connectivity index is 1.65. The summed E-state index contributed by atoms with van der Waals surface area (Å²) in [6, 6.07) is 9.16. The predicted molar refractivity (Wildman–Crippen MR) is 78.2 cm³/mol. The van der Waals surface area contributed by atoms with Crippen LogP contribution in [0.1, 0.15) is 55.3 Å². The molecule has 0 radical (unpaired) electrons. The Labute approximate surface area is 115 Å². The van der Waals surface area contributed by atoms with Crippen molar-refractivity contribution >= 4 is 12.1 Å². The highest BCUT2D eigenvalue weighted by atomic mass is 16.2. The van der Waals surface area contributed by atoms with Gasteiger partial charge in [0, 0.05) is 11.8 Å². The van der Waals surface area contributed by atoms with Gasteiger partial charge in [0.1, 0.15) is 0 Å². The van der Waals surface area contributed by atoms with E-state index in [2.05, 4.69) is 10.5 Å². The fourth-order valence-electron chi connectivity index (χ4n) is 2.61. The zero-order valence-electron chi connectivity index (χ0n) is 11.3. The summed E-state index contributed by atoms with van der Waals surface area (Å²) in [7, 11) is 0. The minimum Gasteiger partial charge on any atom is -0.267 e. The van der Waals surface area contributed by atoms with E-state index in [1.54, 1.807) is 12.1 Å². The molecule has 0 aliphatic heterocycles. The second-order valence-electron chi connectivity index (χ2n) is 5.20. The van der Waals surface area contributed by atoms with Gasteiger partial charge >= 0.3 is 0 Å². The van der Waals surface area contributed by atoms with Crippen LogP contribution in [0.5, 0.6) is 0 Å². The lowest BCUT2D eigenvalue weighted by Gasteiger charge is -2.20. The van der Waals surface area contributed by atoms with Gasteiger partial charge in [-0.3, -0.25) is 4.79 Å². The van der Waals surface area contributed by atoms with Crippen LogP contribution in [0.15, 0.2) is 35.4 Å². The molecule has 1 saturated carbocycles. The molecule has 1 aromatic carbocycles. The average molecular weight is 258 g/mol. The first kappa shape index (κ1) is 13.8. The Bertz CT molecular complexity index is 408. The molecule has 19 heavy (non-hydrogen) atoms. The van der Waals surface area contributed by atoms with Crippen LogP contribution in [0.3, 0.4) is 0 Å². The third kappa shape index (κ3) is 4.86. The Morgan fingerprint density at radius 2 is 1.95 bits per heavy atom. The lowest BCUT2D eigenvalue weighted by molar-refractivity contribution is 0.0955. The van der Waals surface area contributed by atoms with Crippen LogP contribution in [0.4, 0.5) is 0 Å². The lowest BCUT2D eigenvalue weighted by atomic mass is 9.86. The predicted octanol–water partition coefficient (Wildman–Crippen LogP) is 3.76. The maximum atomic E-state index is 11.7. The summed E-state index contributed by atoms with van der Waals surface area (Å²) in [5.74, 6) is 0.722. The molecule has 1 fully saturated rings. The Morgan fingerprint density at radius 1 is 1.21 bits per heavy atom. The van der Waals surface area contributed by atoms with Crippen LogP contribution in [0.2, 0.25) is 0 Å². The molecule has 3 nitrogen and oxygen atoms in total. The van der Waals surface area contributed by atoms with Gasteiger partial charge in [-0.1, -0.05) is 50.3 Å². The highest BCUT2D eigenvalue weighted by molar-refractivity contribution is 5.94. The largest absolute Gasteiger partial charge is 0.271 e. The van der Waals surface area contributed by atoms with Gasteiger partial charge < -0.3 is 0 Å². The van der Waals surface area contributed by atoms with Gasteiger partial charge in [-0.05, 0) is 30.9 Å². The van der Waals surface area contributed by atoms with Crippen molar-refractivity contribution in [2.24, 2.45) is 11.0 Å². The molecule has 1 aliphatic carbocycles. The van der Waals surface area contributed by atoms with Crippen LogP contribution in [-0.4, -0.2) is 12.1 Å². The van der Waals surface area contributed by atoms with E-state index in [1.807, 2.05) is 24.4 Å². The van der Waals surface area contributed by atoms with E-state index >= 15 is 0 Å². The molecule has 0 saturated heterocycles. The van der Waals surface area contributed by atoms with Gasteiger partial charge in [0.15, 0.2) is 0 Å². The molecule has 0 aromatic heterocycles. The molecule has 1 aliphatic rings. The highest BCUT2D eigenvalue weighted by Crippen LogP contribution is 2.26. The standard InChI is InChI=1S/C16H22N2O/c19-16(15-11-5-2-6-12-15)18-17-13-7-10-14-8-3-1-4-9-14/h2,5-6,11-14H,1,3-4,7-10H2,(H,18,19). The van der Waals surface area contributed by atoms with Crippen molar-refractivity contribution in [3.05, 3.63) is 35.9 Å². The van der Waals surface area contributed by atoms with E-state index in [-0.39, 0.29) is 5.91 Å². The van der Waals surface area contributed by atoms with Gasteiger partial charge in [0.05, 0.1) is 0 Å². The Hall–Kier alpha value is -1.64. The third-order valence-electron chi connectivity index (χ3n) is 3.72. The minimum absolute atomic E-state index is 0.144. The zero-order valence-corrected chi connectivity index (χ0v) is 11.3. The molecule has 1 amide bonds. The van der Waals surface area contributed by atoms with Gasteiger partial charge in [-0.2, -0.15) is 5.10 Å². The summed E-state index contributed by atoms with van der Waals surface area (Å²) >= 11 is 0. The topological polar surface area (TPSA) is 41.5 Å². The SMILES string of the molecule is O=C(NN=CCCC1CCCCC1)c1ccccc1. The first-order valence-electron chi connectivity index (χ1n) is 7.23. The summed E-state index contributed by atoms with van der Waals surface area (Å²) in [4.78, 5) is 11.7. The van der Waals surface area contributed by atoms with E-state index < -0.39 is 0 Å². The average Bonchev–Trinajstić information content (AvgIpc) is 2.49. The van der Waals surface area contributed by atoms with E-state index in [9.17, 15) is 4.79 Å². The number of rotatable bonds is 5. The fraction of sp³-hybridized carbons (Fsp3) is 0.500. The molecule has 0 spiro atoms. The van der Waals surface area contributed by atoms with E-state index in [1.165, 1.54) is 38.5 Å². The number of hydrogen-bond donors (Lipinski definition) is 1. The highest BCUT2D eigenvalue weighted by Gasteiger charge is 2.11. The third-order valence-corrected chi connectivity index (χ3v) is 3.72. The molecular formula is C16H22N2O. The van der Waals surface area contributed by atoms with Crippen molar-refractivity contribution in [3.63, 3.8) is 0 Å². The number of nitrogens with zero attached hydrogens (tertiary/aromatic N) is 1. The summed E-state index contributed by atoms with van der Waals surface area (Å²) in [5, 5.41) is 4.01. The molecule has 0 atom stereocenters. The second kappa shape index (κ2) is 7.72.